The number of benzene rings is 1. The number of aryl methyl sites for hydroxylation is 1. The molecule has 84 valence electrons. The minimum absolute atomic E-state index is 0.472. The van der Waals surface area contributed by atoms with Gasteiger partial charge >= 0.3 is 0 Å². The van der Waals surface area contributed by atoms with Crippen molar-refractivity contribution < 1.29 is 0 Å². The number of nitrogens with zero attached hydrogens (tertiary/aromatic N) is 1. The van der Waals surface area contributed by atoms with Crippen molar-refractivity contribution >= 4 is 22.5 Å². The quantitative estimate of drug-likeness (QED) is 0.740. The first-order valence-electron chi connectivity index (χ1n) is 5.71. The Morgan fingerprint density at radius 1 is 1.31 bits per heavy atom. The van der Waals surface area contributed by atoms with Gasteiger partial charge in [-0.25, -0.2) is 0 Å². The molecule has 0 aliphatic carbocycles. The summed E-state index contributed by atoms with van der Waals surface area (Å²) in [7, 11) is 0. The van der Waals surface area contributed by atoms with Crippen LogP contribution in [-0.2, 0) is 6.42 Å². The van der Waals surface area contributed by atoms with E-state index >= 15 is 0 Å². The third kappa shape index (κ3) is 1.92. The summed E-state index contributed by atoms with van der Waals surface area (Å²) in [4.78, 5) is 4.69. The highest BCUT2D eigenvalue weighted by Crippen LogP contribution is 2.29. The minimum atomic E-state index is 0.472. The molecule has 0 amide bonds. The van der Waals surface area contributed by atoms with Gasteiger partial charge in [0.15, 0.2) is 0 Å². The molecule has 0 bridgehead atoms. The van der Waals surface area contributed by atoms with Gasteiger partial charge in [-0.05, 0) is 24.0 Å². The first kappa shape index (κ1) is 11.4. The van der Waals surface area contributed by atoms with Crippen LogP contribution in [-0.4, -0.2) is 4.98 Å². The number of hydrogen-bond acceptors (Lipinski definition) is 1. The minimum Gasteiger partial charge on any atom is -0.252 e. The Kier molecular flexibility index (Phi) is 3.15. The molecule has 0 atom stereocenters. The highest BCUT2D eigenvalue weighted by Gasteiger charge is 2.09. The van der Waals surface area contributed by atoms with Crippen molar-refractivity contribution in [2.75, 3.05) is 0 Å². The Morgan fingerprint density at radius 2 is 2.06 bits per heavy atom. The van der Waals surface area contributed by atoms with Gasteiger partial charge in [-0.1, -0.05) is 50.6 Å². The van der Waals surface area contributed by atoms with E-state index in [4.69, 9.17) is 16.6 Å². The van der Waals surface area contributed by atoms with Crippen molar-refractivity contribution in [3.8, 4) is 0 Å². The molecular formula is C14H16ClN. The van der Waals surface area contributed by atoms with Gasteiger partial charge in [-0.2, -0.15) is 0 Å². The summed E-state index contributed by atoms with van der Waals surface area (Å²) < 4.78 is 0. The van der Waals surface area contributed by atoms with Crippen LogP contribution in [0.5, 0.6) is 0 Å². The fourth-order valence-corrected chi connectivity index (χ4v) is 2.20. The largest absolute Gasteiger partial charge is 0.252 e. The lowest BCUT2D eigenvalue weighted by Gasteiger charge is -2.11. The summed E-state index contributed by atoms with van der Waals surface area (Å²) in [6.45, 7) is 6.47. The standard InChI is InChI=1S/C14H16ClN/c1-4-10-8-13(15)12-7-5-6-11(9(2)3)14(12)16-10/h5-9H,4H2,1-3H3. The second kappa shape index (κ2) is 4.42. The monoisotopic (exact) mass is 233 g/mol. The van der Waals surface area contributed by atoms with Gasteiger partial charge in [0.25, 0.3) is 0 Å². The molecule has 2 aromatic rings. The highest BCUT2D eigenvalue weighted by atomic mass is 35.5. The maximum atomic E-state index is 6.28. The molecule has 16 heavy (non-hydrogen) atoms. The number of para-hydroxylation sites is 1. The van der Waals surface area contributed by atoms with Gasteiger partial charge in [-0.3, -0.25) is 4.98 Å². The third-order valence-corrected chi connectivity index (χ3v) is 3.17. The second-order valence-electron chi connectivity index (χ2n) is 4.35. The Balaban J connectivity index is 2.79. The van der Waals surface area contributed by atoms with E-state index in [1.807, 2.05) is 12.1 Å². The van der Waals surface area contributed by atoms with Crippen molar-refractivity contribution in [2.24, 2.45) is 0 Å². The molecule has 1 heterocycles. The summed E-state index contributed by atoms with van der Waals surface area (Å²) in [5.74, 6) is 0.472. The number of fused-ring (bicyclic) bond motifs is 1. The molecule has 0 spiro atoms. The van der Waals surface area contributed by atoms with E-state index in [1.54, 1.807) is 0 Å². The van der Waals surface area contributed by atoms with Crippen LogP contribution in [0.4, 0.5) is 0 Å². The van der Waals surface area contributed by atoms with E-state index in [2.05, 4.69) is 32.9 Å². The molecule has 0 radical (unpaired) electrons. The van der Waals surface area contributed by atoms with Gasteiger partial charge in [0.1, 0.15) is 0 Å². The molecular weight excluding hydrogens is 218 g/mol. The molecule has 0 aliphatic rings. The van der Waals surface area contributed by atoms with Crippen molar-refractivity contribution in [1.82, 2.24) is 4.98 Å². The average molecular weight is 234 g/mol. The molecule has 0 unspecified atom stereocenters. The van der Waals surface area contributed by atoms with Crippen LogP contribution in [0.2, 0.25) is 5.02 Å². The van der Waals surface area contributed by atoms with E-state index in [-0.39, 0.29) is 0 Å². The van der Waals surface area contributed by atoms with Crippen molar-refractivity contribution in [3.05, 3.63) is 40.5 Å². The lowest BCUT2D eigenvalue weighted by Crippen LogP contribution is -1.95. The van der Waals surface area contributed by atoms with Crippen LogP contribution in [0.3, 0.4) is 0 Å². The molecule has 0 saturated heterocycles. The molecule has 2 heteroatoms. The van der Waals surface area contributed by atoms with Gasteiger partial charge in [0, 0.05) is 11.1 Å². The average Bonchev–Trinajstić information content (AvgIpc) is 2.28. The normalized spacial score (nSPS) is 11.3. The van der Waals surface area contributed by atoms with E-state index < -0.39 is 0 Å². The predicted octanol–water partition coefficient (Wildman–Crippen LogP) is 4.57. The number of hydrogen-bond donors (Lipinski definition) is 0. The first-order valence-corrected chi connectivity index (χ1v) is 6.09. The maximum Gasteiger partial charge on any atom is 0.0754 e. The molecule has 1 nitrogen and oxygen atoms in total. The zero-order chi connectivity index (χ0) is 11.7. The maximum absolute atomic E-state index is 6.28. The fourth-order valence-electron chi connectivity index (χ4n) is 1.93. The van der Waals surface area contributed by atoms with Crippen molar-refractivity contribution in [2.45, 2.75) is 33.1 Å². The summed E-state index contributed by atoms with van der Waals surface area (Å²) in [6, 6.07) is 8.19. The zero-order valence-corrected chi connectivity index (χ0v) is 10.7. The van der Waals surface area contributed by atoms with Gasteiger partial charge in [0.2, 0.25) is 0 Å². The Hall–Kier alpha value is -1.08. The Bertz CT molecular complexity index is 517. The second-order valence-corrected chi connectivity index (χ2v) is 4.75. The fraction of sp³-hybridized carbons (Fsp3) is 0.357. The molecule has 1 aromatic carbocycles. The highest BCUT2D eigenvalue weighted by molar-refractivity contribution is 6.35. The van der Waals surface area contributed by atoms with E-state index in [0.717, 1.165) is 28.0 Å². The van der Waals surface area contributed by atoms with Crippen molar-refractivity contribution in [3.63, 3.8) is 0 Å². The van der Waals surface area contributed by atoms with Crippen LogP contribution in [0, 0.1) is 0 Å². The summed E-state index contributed by atoms with van der Waals surface area (Å²) >= 11 is 6.28. The first-order chi connectivity index (χ1) is 7.63. The summed E-state index contributed by atoms with van der Waals surface area (Å²) in [5.41, 5.74) is 3.39. The molecule has 0 saturated carbocycles. The van der Waals surface area contributed by atoms with E-state index in [0.29, 0.717) is 5.92 Å². The van der Waals surface area contributed by atoms with Crippen LogP contribution in [0.25, 0.3) is 10.9 Å². The lowest BCUT2D eigenvalue weighted by atomic mass is 9.99. The van der Waals surface area contributed by atoms with Gasteiger partial charge in [0.05, 0.1) is 10.5 Å². The van der Waals surface area contributed by atoms with Crippen LogP contribution in [0.15, 0.2) is 24.3 Å². The zero-order valence-electron chi connectivity index (χ0n) is 9.92. The van der Waals surface area contributed by atoms with Crippen LogP contribution in [0.1, 0.15) is 37.9 Å². The van der Waals surface area contributed by atoms with E-state index in [1.165, 1.54) is 5.56 Å². The lowest BCUT2D eigenvalue weighted by molar-refractivity contribution is 0.871. The molecule has 1 aromatic heterocycles. The number of pyridine rings is 1. The molecule has 0 fully saturated rings. The van der Waals surface area contributed by atoms with Crippen LogP contribution >= 0.6 is 11.6 Å². The number of aromatic nitrogens is 1. The number of halogens is 1. The summed E-state index contributed by atoms with van der Waals surface area (Å²) in [6.07, 6.45) is 0.919. The van der Waals surface area contributed by atoms with Crippen LogP contribution < -0.4 is 0 Å². The number of rotatable bonds is 2. The molecule has 0 aliphatic heterocycles. The van der Waals surface area contributed by atoms with Crippen molar-refractivity contribution in [1.29, 1.82) is 0 Å². The topological polar surface area (TPSA) is 12.9 Å². The van der Waals surface area contributed by atoms with Gasteiger partial charge < -0.3 is 0 Å². The summed E-state index contributed by atoms with van der Waals surface area (Å²) in [5, 5.41) is 1.87. The Morgan fingerprint density at radius 3 is 2.69 bits per heavy atom. The Labute approximate surface area is 101 Å². The molecule has 2 rings (SSSR count). The SMILES string of the molecule is CCc1cc(Cl)c2cccc(C(C)C)c2n1. The molecule has 0 N–H and O–H groups in total. The van der Waals surface area contributed by atoms with E-state index in [9.17, 15) is 0 Å². The third-order valence-electron chi connectivity index (χ3n) is 2.86. The van der Waals surface area contributed by atoms with Gasteiger partial charge in [-0.15, -0.1) is 0 Å². The predicted molar refractivity (Wildman–Crippen MR) is 70.2 cm³/mol. The smallest absolute Gasteiger partial charge is 0.0754 e.